The molecular weight excluding hydrogens is 294 g/mol. The number of carboxylic acids is 1. The van der Waals surface area contributed by atoms with Crippen molar-refractivity contribution in [3.63, 3.8) is 0 Å². The van der Waals surface area contributed by atoms with E-state index in [1.807, 2.05) is 41.3 Å². The minimum Gasteiger partial charge on any atom is -0.481 e. The lowest BCUT2D eigenvalue weighted by molar-refractivity contribution is -0.143. The van der Waals surface area contributed by atoms with Crippen LogP contribution in [0.15, 0.2) is 42.1 Å². The number of nitrogens with zero attached hydrogens (tertiary/aromatic N) is 2. The Kier molecular flexibility index (Phi) is 5.75. The van der Waals surface area contributed by atoms with Gasteiger partial charge in [-0.15, -0.1) is 0 Å². The summed E-state index contributed by atoms with van der Waals surface area (Å²) in [5, 5.41) is 20.8. The number of carboxylic acid groups (broad SMARTS) is 1. The van der Waals surface area contributed by atoms with Gasteiger partial charge in [0.15, 0.2) is 0 Å². The van der Waals surface area contributed by atoms with Gasteiger partial charge in [-0.1, -0.05) is 30.3 Å². The van der Waals surface area contributed by atoms with Crippen molar-refractivity contribution in [3.8, 4) is 6.07 Å². The first kappa shape index (κ1) is 16.6. The lowest BCUT2D eigenvalue weighted by atomic mass is 9.97. The van der Waals surface area contributed by atoms with Gasteiger partial charge in [0.25, 0.3) is 5.91 Å². The zero-order chi connectivity index (χ0) is 16.7. The molecule has 120 valence electrons. The molecule has 1 aliphatic heterocycles. The van der Waals surface area contributed by atoms with E-state index in [2.05, 4.69) is 5.32 Å². The quantitative estimate of drug-likeness (QED) is 0.635. The van der Waals surface area contributed by atoms with E-state index in [9.17, 15) is 9.59 Å². The molecule has 2 rings (SSSR count). The molecule has 1 heterocycles. The number of nitrogens with one attached hydrogen (secondary N) is 1. The molecule has 1 fully saturated rings. The Balaban J connectivity index is 1.90. The van der Waals surface area contributed by atoms with Gasteiger partial charge in [-0.25, -0.2) is 0 Å². The second kappa shape index (κ2) is 7.99. The van der Waals surface area contributed by atoms with Crippen LogP contribution in [-0.4, -0.2) is 35.0 Å². The zero-order valence-electron chi connectivity index (χ0n) is 12.7. The summed E-state index contributed by atoms with van der Waals surface area (Å²) < 4.78 is 0. The summed E-state index contributed by atoms with van der Waals surface area (Å²) in [5.41, 5.74) is 0.995. The van der Waals surface area contributed by atoms with Crippen LogP contribution in [0.4, 0.5) is 0 Å². The number of carbonyl (C=O) groups excluding carboxylic acids is 1. The van der Waals surface area contributed by atoms with E-state index in [1.54, 1.807) is 0 Å². The maximum atomic E-state index is 12.1. The highest BCUT2D eigenvalue weighted by molar-refractivity contribution is 5.97. The summed E-state index contributed by atoms with van der Waals surface area (Å²) in [5.74, 6) is -1.54. The summed E-state index contributed by atoms with van der Waals surface area (Å²) in [6.45, 7) is 1.43. The number of carbonyl (C=O) groups is 2. The summed E-state index contributed by atoms with van der Waals surface area (Å²) in [6, 6.07) is 11.4. The van der Waals surface area contributed by atoms with Crippen molar-refractivity contribution in [1.29, 1.82) is 5.26 Å². The minimum absolute atomic E-state index is 0.0368. The van der Waals surface area contributed by atoms with Crippen molar-refractivity contribution in [2.75, 3.05) is 13.1 Å². The van der Waals surface area contributed by atoms with Gasteiger partial charge in [0.1, 0.15) is 11.6 Å². The van der Waals surface area contributed by atoms with E-state index < -0.39 is 11.9 Å². The Morgan fingerprint density at radius 2 is 1.96 bits per heavy atom. The van der Waals surface area contributed by atoms with E-state index >= 15 is 0 Å². The summed E-state index contributed by atoms with van der Waals surface area (Å²) >= 11 is 0. The van der Waals surface area contributed by atoms with Gasteiger partial charge in [-0.2, -0.15) is 5.26 Å². The highest BCUT2D eigenvalue weighted by atomic mass is 16.4. The molecule has 0 saturated carbocycles. The molecule has 0 aliphatic carbocycles. The fraction of sp³-hybridized carbons (Fsp3) is 0.353. The highest BCUT2D eigenvalue weighted by Crippen LogP contribution is 2.18. The smallest absolute Gasteiger partial charge is 0.306 e. The third-order valence-electron chi connectivity index (χ3n) is 3.85. The second-order valence-electron chi connectivity index (χ2n) is 5.47. The number of nitriles is 1. The second-order valence-corrected chi connectivity index (χ2v) is 5.47. The van der Waals surface area contributed by atoms with Crippen molar-refractivity contribution in [1.82, 2.24) is 10.2 Å². The van der Waals surface area contributed by atoms with E-state index in [1.165, 1.54) is 6.20 Å². The average molecular weight is 313 g/mol. The number of aliphatic carboxylic acids is 1. The standard InChI is InChI=1S/C17H19N3O3/c18-10-15(12-20-8-6-14(7-9-20)17(22)23)16(21)19-11-13-4-2-1-3-5-13/h1-5,12,14H,6-9,11H2,(H,19,21)(H,22,23). The van der Waals surface area contributed by atoms with Crippen LogP contribution in [0, 0.1) is 17.2 Å². The van der Waals surface area contributed by atoms with Gasteiger partial charge in [0.05, 0.1) is 5.92 Å². The lowest BCUT2D eigenvalue weighted by Gasteiger charge is -2.29. The average Bonchev–Trinajstić information content (AvgIpc) is 2.59. The molecule has 1 aromatic rings. The summed E-state index contributed by atoms with van der Waals surface area (Å²) in [4.78, 5) is 24.8. The van der Waals surface area contributed by atoms with E-state index in [4.69, 9.17) is 10.4 Å². The molecule has 0 spiro atoms. The summed E-state index contributed by atoms with van der Waals surface area (Å²) in [7, 11) is 0. The zero-order valence-corrected chi connectivity index (χ0v) is 12.7. The topological polar surface area (TPSA) is 93.4 Å². The Bertz CT molecular complexity index is 626. The van der Waals surface area contributed by atoms with Gasteiger partial charge in [0.2, 0.25) is 0 Å². The molecule has 0 unspecified atom stereocenters. The minimum atomic E-state index is -0.783. The fourth-order valence-corrected chi connectivity index (χ4v) is 2.47. The van der Waals surface area contributed by atoms with E-state index in [0.29, 0.717) is 32.5 Å². The Labute approximate surface area is 135 Å². The molecule has 1 aromatic carbocycles. The number of rotatable bonds is 5. The van der Waals surface area contributed by atoms with Gasteiger partial charge >= 0.3 is 5.97 Å². The molecule has 2 N–H and O–H groups in total. The third kappa shape index (κ3) is 4.85. The normalized spacial score (nSPS) is 15.8. The molecule has 23 heavy (non-hydrogen) atoms. The van der Waals surface area contributed by atoms with Crippen LogP contribution in [0.25, 0.3) is 0 Å². The van der Waals surface area contributed by atoms with Crippen molar-refractivity contribution >= 4 is 11.9 Å². The predicted octanol–water partition coefficient (Wildman–Crippen LogP) is 1.51. The molecule has 0 atom stereocenters. The predicted molar refractivity (Wildman–Crippen MR) is 83.9 cm³/mol. The number of hydrogen-bond donors (Lipinski definition) is 2. The lowest BCUT2D eigenvalue weighted by Crippen LogP contribution is -2.34. The maximum Gasteiger partial charge on any atom is 0.306 e. The van der Waals surface area contributed by atoms with E-state index in [0.717, 1.165) is 5.56 Å². The summed E-state index contributed by atoms with van der Waals surface area (Å²) in [6.07, 6.45) is 2.57. The van der Waals surface area contributed by atoms with Gasteiger partial charge in [-0.05, 0) is 18.4 Å². The Morgan fingerprint density at radius 1 is 1.30 bits per heavy atom. The van der Waals surface area contributed by atoms with E-state index in [-0.39, 0.29) is 11.5 Å². The van der Waals surface area contributed by atoms with Crippen molar-refractivity contribution in [2.45, 2.75) is 19.4 Å². The first-order chi connectivity index (χ1) is 11.1. The number of likely N-dealkylation sites (tertiary alicyclic amines) is 1. The third-order valence-corrected chi connectivity index (χ3v) is 3.85. The van der Waals surface area contributed by atoms with Gasteiger partial charge in [-0.3, -0.25) is 9.59 Å². The SMILES string of the molecule is N#CC(=CN1CCC(C(=O)O)CC1)C(=O)NCc1ccccc1. The van der Waals surface area contributed by atoms with Crippen LogP contribution < -0.4 is 5.32 Å². The molecule has 6 nitrogen and oxygen atoms in total. The molecule has 0 bridgehead atoms. The fourth-order valence-electron chi connectivity index (χ4n) is 2.47. The number of piperidine rings is 1. The van der Waals surface area contributed by atoms with Crippen molar-refractivity contribution in [3.05, 3.63) is 47.7 Å². The molecule has 1 saturated heterocycles. The number of hydrogen-bond acceptors (Lipinski definition) is 4. The first-order valence-corrected chi connectivity index (χ1v) is 7.51. The number of amides is 1. The molecule has 0 radical (unpaired) electrons. The molecule has 1 amide bonds. The van der Waals surface area contributed by atoms with Gasteiger partial charge in [0, 0.05) is 25.8 Å². The van der Waals surface area contributed by atoms with Crippen molar-refractivity contribution in [2.24, 2.45) is 5.92 Å². The van der Waals surface area contributed by atoms with Crippen LogP contribution >= 0.6 is 0 Å². The van der Waals surface area contributed by atoms with Crippen LogP contribution in [-0.2, 0) is 16.1 Å². The molecular formula is C17H19N3O3. The van der Waals surface area contributed by atoms with Gasteiger partial charge < -0.3 is 15.3 Å². The molecule has 0 aromatic heterocycles. The van der Waals surface area contributed by atoms with Crippen LogP contribution in [0.5, 0.6) is 0 Å². The largest absolute Gasteiger partial charge is 0.481 e. The van der Waals surface area contributed by atoms with Crippen molar-refractivity contribution < 1.29 is 14.7 Å². The first-order valence-electron chi connectivity index (χ1n) is 7.51. The Morgan fingerprint density at radius 3 is 2.52 bits per heavy atom. The monoisotopic (exact) mass is 313 g/mol. The highest BCUT2D eigenvalue weighted by Gasteiger charge is 2.23. The molecule has 1 aliphatic rings. The van der Waals surface area contributed by atoms with Crippen LogP contribution in [0.1, 0.15) is 18.4 Å². The number of benzene rings is 1. The van der Waals surface area contributed by atoms with Crippen LogP contribution in [0.3, 0.4) is 0 Å². The maximum absolute atomic E-state index is 12.1. The van der Waals surface area contributed by atoms with Crippen LogP contribution in [0.2, 0.25) is 0 Å². The Hall–Kier alpha value is -2.81. The molecule has 6 heteroatoms.